The number of furan rings is 1. The van der Waals surface area contributed by atoms with Crippen molar-refractivity contribution in [2.45, 2.75) is 20.4 Å². The molecule has 0 amide bonds. The second-order valence-corrected chi connectivity index (χ2v) is 10.1. The van der Waals surface area contributed by atoms with E-state index in [4.69, 9.17) is 9.40 Å². The molecule has 4 heterocycles. The van der Waals surface area contributed by atoms with Crippen molar-refractivity contribution in [1.82, 2.24) is 19.9 Å². The maximum atomic E-state index is 5.60. The van der Waals surface area contributed by atoms with Crippen LogP contribution in [0.5, 0.6) is 0 Å². The van der Waals surface area contributed by atoms with E-state index in [0.29, 0.717) is 6.54 Å². The Morgan fingerprint density at radius 3 is 2.53 bits per heavy atom. The van der Waals surface area contributed by atoms with Crippen LogP contribution in [-0.2, 0) is 6.54 Å². The number of pyridine rings is 1. The molecule has 0 radical (unpaired) electrons. The number of anilines is 2. The summed E-state index contributed by atoms with van der Waals surface area (Å²) in [5, 5.41) is 4.60. The van der Waals surface area contributed by atoms with Crippen molar-refractivity contribution in [3.63, 3.8) is 0 Å². The first-order valence-electron chi connectivity index (χ1n) is 13.1. The number of fused-ring (bicyclic) bond motifs is 1. The second-order valence-electron chi connectivity index (χ2n) is 10.1. The van der Waals surface area contributed by atoms with Gasteiger partial charge in [0.25, 0.3) is 0 Å². The Labute approximate surface area is 223 Å². The highest BCUT2D eigenvalue weighted by Gasteiger charge is 2.15. The lowest BCUT2D eigenvalue weighted by Gasteiger charge is -2.33. The van der Waals surface area contributed by atoms with Crippen molar-refractivity contribution >= 4 is 22.6 Å². The molecule has 0 unspecified atom stereocenters. The lowest BCUT2D eigenvalue weighted by atomic mass is 10.0. The highest BCUT2D eigenvalue weighted by Crippen LogP contribution is 2.28. The fourth-order valence-electron chi connectivity index (χ4n) is 4.95. The Bertz CT molecular complexity index is 1570. The first-order chi connectivity index (χ1) is 18.5. The van der Waals surface area contributed by atoms with Crippen LogP contribution < -0.4 is 10.2 Å². The highest BCUT2D eigenvalue weighted by molar-refractivity contribution is 5.85. The van der Waals surface area contributed by atoms with Crippen LogP contribution in [-0.4, -0.2) is 53.1 Å². The van der Waals surface area contributed by atoms with Gasteiger partial charge < -0.3 is 19.5 Å². The number of piperazine rings is 1. The molecule has 2 aromatic carbocycles. The summed E-state index contributed by atoms with van der Waals surface area (Å²) < 4.78 is 5.60. The summed E-state index contributed by atoms with van der Waals surface area (Å²) in [6.07, 6.45) is 3.78. The zero-order valence-electron chi connectivity index (χ0n) is 22.1. The van der Waals surface area contributed by atoms with Gasteiger partial charge in [-0.1, -0.05) is 18.2 Å². The third-order valence-corrected chi connectivity index (χ3v) is 7.21. The van der Waals surface area contributed by atoms with Gasteiger partial charge in [-0.25, -0.2) is 15.0 Å². The molecule has 3 aromatic heterocycles. The standard InChI is InChI=1S/C31H32N6O/c1-21-20-38-29-9-7-25(16-27(21)29)28-17-30(35-22(2)34-28)32-18-23-5-4-6-24(15-23)26-8-10-31(33-19-26)37-13-11-36(3)12-14-37/h4-10,15-17,19-20H,11-14,18H2,1-3H3,(H,32,34,35). The molecule has 0 saturated carbocycles. The number of hydrogen-bond donors (Lipinski definition) is 1. The smallest absolute Gasteiger partial charge is 0.134 e. The summed E-state index contributed by atoms with van der Waals surface area (Å²) in [6, 6.07) is 21.1. The van der Waals surface area contributed by atoms with Crippen molar-refractivity contribution in [3.05, 3.63) is 90.1 Å². The van der Waals surface area contributed by atoms with Crippen molar-refractivity contribution in [2.24, 2.45) is 0 Å². The van der Waals surface area contributed by atoms with Gasteiger partial charge in [-0.2, -0.15) is 0 Å². The molecule has 1 aliphatic rings. The van der Waals surface area contributed by atoms with Crippen LogP contribution in [0.25, 0.3) is 33.4 Å². The SMILES string of the molecule is Cc1nc(NCc2cccc(-c3ccc(N4CCN(C)CC4)nc3)c2)cc(-c2ccc3occ(C)c3c2)n1. The van der Waals surface area contributed by atoms with Crippen LogP contribution in [0.3, 0.4) is 0 Å². The van der Waals surface area contributed by atoms with E-state index >= 15 is 0 Å². The van der Waals surface area contributed by atoms with Crippen molar-refractivity contribution in [1.29, 1.82) is 0 Å². The van der Waals surface area contributed by atoms with Crippen LogP contribution >= 0.6 is 0 Å². The van der Waals surface area contributed by atoms with Gasteiger partial charge in [-0.05, 0) is 74.0 Å². The molecule has 0 bridgehead atoms. The van der Waals surface area contributed by atoms with Gasteiger partial charge in [0.1, 0.15) is 23.0 Å². The van der Waals surface area contributed by atoms with E-state index in [2.05, 4.69) is 81.5 Å². The number of aryl methyl sites for hydroxylation is 2. The van der Waals surface area contributed by atoms with Gasteiger partial charge >= 0.3 is 0 Å². The minimum Gasteiger partial charge on any atom is -0.464 e. The fourth-order valence-corrected chi connectivity index (χ4v) is 4.95. The summed E-state index contributed by atoms with van der Waals surface area (Å²) in [5.74, 6) is 2.59. The molecule has 1 N–H and O–H groups in total. The molecular formula is C31H32N6O. The first kappa shape index (κ1) is 24.1. The Morgan fingerprint density at radius 2 is 1.71 bits per heavy atom. The Morgan fingerprint density at radius 1 is 0.868 bits per heavy atom. The van der Waals surface area contributed by atoms with Gasteiger partial charge in [0, 0.05) is 61.5 Å². The first-order valence-corrected chi connectivity index (χ1v) is 13.1. The molecule has 38 heavy (non-hydrogen) atoms. The number of nitrogens with one attached hydrogen (secondary N) is 1. The number of nitrogens with zero attached hydrogens (tertiary/aromatic N) is 5. The van der Waals surface area contributed by atoms with E-state index < -0.39 is 0 Å². The molecule has 192 valence electrons. The number of aromatic nitrogens is 3. The van der Waals surface area contributed by atoms with Crippen LogP contribution in [0.1, 0.15) is 17.0 Å². The number of rotatable bonds is 6. The molecule has 1 aliphatic heterocycles. The predicted molar refractivity (Wildman–Crippen MR) is 153 cm³/mol. The maximum absolute atomic E-state index is 5.60. The molecule has 7 nitrogen and oxygen atoms in total. The van der Waals surface area contributed by atoms with Gasteiger partial charge in [-0.15, -0.1) is 0 Å². The van der Waals surface area contributed by atoms with Gasteiger partial charge in [0.15, 0.2) is 0 Å². The quantitative estimate of drug-likeness (QED) is 0.307. The molecule has 0 atom stereocenters. The summed E-state index contributed by atoms with van der Waals surface area (Å²) in [4.78, 5) is 18.8. The fraction of sp³-hybridized carbons (Fsp3) is 0.258. The molecule has 1 fully saturated rings. The lowest BCUT2D eigenvalue weighted by molar-refractivity contribution is 0.312. The molecule has 1 saturated heterocycles. The zero-order valence-corrected chi connectivity index (χ0v) is 22.1. The van der Waals surface area contributed by atoms with Crippen molar-refractivity contribution in [2.75, 3.05) is 43.4 Å². The summed E-state index contributed by atoms with van der Waals surface area (Å²) >= 11 is 0. The normalized spacial score (nSPS) is 14.2. The predicted octanol–water partition coefficient (Wildman–Crippen LogP) is 5.93. The Hall–Kier alpha value is -4.23. The monoisotopic (exact) mass is 504 g/mol. The van der Waals surface area contributed by atoms with Gasteiger partial charge in [0.05, 0.1) is 12.0 Å². The molecule has 6 rings (SSSR count). The van der Waals surface area contributed by atoms with Crippen LogP contribution in [0.2, 0.25) is 0 Å². The third-order valence-electron chi connectivity index (χ3n) is 7.21. The van der Waals surface area contributed by atoms with Crippen LogP contribution in [0.4, 0.5) is 11.6 Å². The van der Waals surface area contributed by atoms with Crippen molar-refractivity contribution in [3.8, 4) is 22.4 Å². The van der Waals surface area contributed by atoms with E-state index in [1.54, 1.807) is 6.26 Å². The number of hydrogen-bond acceptors (Lipinski definition) is 7. The minimum absolute atomic E-state index is 0.663. The molecule has 0 spiro atoms. The molecular weight excluding hydrogens is 472 g/mol. The van der Waals surface area contributed by atoms with E-state index in [-0.39, 0.29) is 0 Å². The largest absolute Gasteiger partial charge is 0.464 e. The van der Waals surface area contributed by atoms with Crippen molar-refractivity contribution < 1.29 is 4.42 Å². The summed E-state index contributed by atoms with van der Waals surface area (Å²) in [7, 11) is 2.17. The topological polar surface area (TPSA) is 70.3 Å². The van der Waals surface area contributed by atoms with E-state index in [1.807, 2.05) is 31.3 Å². The van der Waals surface area contributed by atoms with E-state index in [9.17, 15) is 0 Å². The van der Waals surface area contributed by atoms with E-state index in [0.717, 1.165) is 82.6 Å². The molecule has 0 aliphatic carbocycles. The molecule has 7 heteroatoms. The van der Waals surface area contributed by atoms with Crippen LogP contribution in [0, 0.1) is 13.8 Å². The Kier molecular flexibility index (Phi) is 6.52. The average Bonchev–Trinajstić information content (AvgIpc) is 3.32. The second kappa shape index (κ2) is 10.3. The van der Waals surface area contributed by atoms with E-state index in [1.165, 1.54) is 5.56 Å². The minimum atomic E-state index is 0.663. The summed E-state index contributed by atoms with van der Waals surface area (Å²) in [5.41, 5.74) is 7.40. The van der Waals surface area contributed by atoms with Crippen LogP contribution in [0.15, 0.2) is 77.5 Å². The number of benzene rings is 2. The average molecular weight is 505 g/mol. The zero-order chi connectivity index (χ0) is 26.1. The van der Waals surface area contributed by atoms with Gasteiger partial charge in [0.2, 0.25) is 0 Å². The maximum Gasteiger partial charge on any atom is 0.134 e. The van der Waals surface area contributed by atoms with Gasteiger partial charge in [-0.3, -0.25) is 0 Å². The summed E-state index contributed by atoms with van der Waals surface area (Å²) in [6.45, 7) is 8.83. The Balaban J connectivity index is 1.16. The highest BCUT2D eigenvalue weighted by atomic mass is 16.3. The third kappa shape index (κ3) is 5.10. The molecule has 5 aromatic rings. The lowest BCUT2D eigenvalue weighted by Crippen LogP contribution is -2.44. The number of likely N-dealkylation sites (N-methyl/N-ethyl adjacent to an activating group) is 1.